The fourth-order valence-corrected chi connectivity index (χ4v) is 3.22. The first-order chi connectivity index (χ1) is 7.86. The van der Waals surface area contributed by atoms with Crippen molar-refractivity contribution in [3.05, 3.63) is 23.0 Å². The summed E-state index contributed by atoms with van der Waals surface area (Å²) in [5, 5.41) is 0. The highest BCUT2D eigenvalue weighted by Crippen LogP contribution is 2.21. The van der Waals surface area contributed by atoms with E-state index in [-0.39, 0.29) is 9.22 Å². The van der Waals surface area contributed by atoms with E-state index in [1.807, 2.05) is 0 Å². The Morgan fingerprint density at radius 1 is 1.41 bits per heavy atom. The minimum atomic E-state index is -3.94. The van der Waals surface area contributed by atoms with Crippen molar-refractivity contribution in [2.75, 3.05) is 5.75 Å². The van der Waals surface area contributed by atoms with Crippen molar-refractivity contribution in [3.8, 4) is 0 Å². The van der Waals surface area contributed by atoms with Gasteiger partial charge in [-0.05, 0) is 0 Å². The van der Waals surface area contributed by atoms with Crippen LogP contribution in [0.15, 0.2) is 22.4 Å². The molecular weight excluding hydrogens is 279 g/mol. The molecule has 94 valence electrons. The maximum absolute atomic E-state index is 12.4. The van der Waals surface area contributed by atoms with Gasteiger partial charge in [0.05, 0.1) is 10.6 Å². The number of sulfone groups is 1. The fourth-order valence-electron chi connectivity index (χ4n) is 0.874. The van der Waals surface area contributed by atoms with Crippen LogP contribution in [0.1, 0.15) is 16.1 Å². The molecule has 0 unspecified atom stereocenters. The van der Waals surface area contributed by atoms with Gasteiger partial charge in [-0.2, -0.15) is 8.78 Å². The normalized spacial score (nSPS) is 11.2. The first-order valence-electron chi connectivity index (χ1n) is 4.20. The van der Waals surface area contributed by atoms with Gasteiger partial charge in [0, 0.05) is 12.6 Å². The number of aldehydes is 1. The second-order valence-electron chi connectivity index (χ2n) is 2.88. The summed E-state index contributed by atoms with van der Waals surface area (Å²) in [7, 11) is -3.94. The molecule has 0 N–H and O–H groups in total. The number of halogens is 3. The lowest BCUT2D eigenvalue weighted by Gasteiger charge is -1.98. The third kappa shape index (κ3) is 3.63. The fraction of sp³-hybridized carbons (Fsp3) is 0.250. The Morgan fingerprint density at radius 3 is 2.53 bits per heavy atom. The minimum Gasteiger partial charge on any atom is -0.297 e. The van der Waals surface area contributed by atoms with Crippen LogP contribution < -0.4 is 0 Å². The monoisotopic (exact) mass is 285 g/mol. The van der Waals surface area contributed by atoms with Crippen LogP contribution in [0.25, 0.3) is 0 Å². The van der Waals surface area contributed by atoms with Gasteiger partial charge in [0.2, 0.25) is 14.2 Å². The summed E-state index contributed by atoms with van der Waals surface area (Å²) in [5.41, 5.74) is 0. The second kappa shape index (κ2) is 5.41. The number of carbonyl (C=O) groups is 1. The van der Waals surface area contributed by atoms with E-state index >= 15 is 0 Å². The maximum atomic E-state index is 12.4. The van der Waals surface area contributed by atoms with Crippen LogP contribution in [0.2, 0.25) is 0 Å². The van der Waals surface area contributed by atoms with Crippen molar-refractivity contribution in [2.24, 2.45) is 0 Å². The van der Waals surface area contributed by atoms with E-state index in [0.29, 0.717) is 17.6 Å². The molecule has 0 aliphatic heterocycles. The molecule has 0 fully saturated rings. The third-order valence-corrected chi connectivity index (χ3v) is 4.79. The van der Waals surface area contributed by atoms with Gasteiger partial charge in [-0.3, -0.25) is 4.79 Å². The Morgan fingerprint density at radius 2 is 2.06 bits per heavy atom. The van der Waals surface area contributed by atoms with Crippen molar-refractivity contribution in [2.45, 2.75) is 10.8 Å². The zero-order valence-corrected chi connectivity index (χ0v) is 9.82. The van der Waals surface area contributed by atoms with Crippen LogP contribution in [-0.2, 0) is 9.84 Å². The molecule has 0 radical (unpaired) electrons. The Balaban J connectivity index is 2.83. The van der Waals surface area contributed by atoms with Gasteiger partial charge in [-0.25, -0.2) is 17.8 Å². The predicted molar refractivity (Wildman–Crippen MR) is 54.5 cm³/mol. The van der Waals surface area contributed by atoms with E-state index in [4.69, 9.17) is 0 Å². The SMILES string of the molecule is O=Cc1cnc(S(=O)(=O)CCC(F)=C(F)F)s1. The summed E-state index contributed by atoms with van der Waals surface area (Å²) in [6, 6.07) is 0. The second-order valence-corrected chi connectivity index (χ2v) is 6.23. The quantitative estimate of drug-likeness (QED) is 0.778. The molecular formula is C8H6F3NO3S2. The summed E-state index contributed by atoms with van der Waals surface area (Å²) >= 11 is 0.607. The summed E-state index contributed by atoms with van der Waals surface area (Å²) < 4.78 is 58.5. The molecule has 0 saturated carbocycles. The van der Waals surface area contributed by atoms with Gasteiger partial charge in [-0.15, -0.1) is 0 Å². The lowest BCUT2D eigenvalue weighted by atomic mass is 10.4. The molecule has 0 amide bonds. The van der Waals surface area contributed by atoms with Crippen LogP contribution in [0.5, 0.6) is 0 Å². The minimum absolute atomic E-state index is 0.0938. The van der Waals surface area contributed by atoms with Crippen molar-refractivity contribution in [1.82, 2.24) is 4.98 Å². The number of thiazole rings is 1. The molecule has 0 saturated heterocycles. The number of carbonyl (C=O) groups excluding carboxylic acids is 1. The lowest BCUT2D eigenvalue weighted by molar-refractivity contribution is 0.112. The molecule has 1 rings (SSSR count). The Bertz CT molecular complexity index is 546. The molecule has 1 aromatic heterocycles. The van der Waals surface area contributed by atoms with Crippen LogP contribution in [0.4, 0.5) is 13.2 Å². The van der Waals surface area contributed by atoms with E-state index in [2.05, 4.69) is 4.98 Å². The van der Waals surface area contributed by atoms with E-state index in [1.54, 1.807) is 0 Å². The van der Waals surface area contributed by atoms with Crippen molar-refractivity contribution < 1.29 is 26.4 Å². The molecule has 0 bridgehead atoms. The number of hydrogen-bond donors (Lipinski definition) is 0. The smallest absolute Gasteiger partial charge is 0.297 e. The van der Waals surface area contributed by atoms with Gasteiger partial charge in [0.25, 0.3) is 0 Å². The molecule has 0 aromatic carbocycles. The highest BCUT2D eigenvalue weighted by Gasteiger charge is 2.20. The molecule has 0 aliphatic rings. The van der Waals surface area contributed by atoms with Crippen LogP contribution in [-0.4, -0.2) is 25.4 Å². The van der Waals surface area contributed by atoms with E-state index in [0.717, 1.165) is 6.20 Å². The summed E-state index contributed by atoms with van der Waals surface area (Å²) in [4.78, 5) is 13.9. The number of hydrogen-bond acceptors (Lipinski definition) is 5. The molecule has 1 heterocycles. The Hall–Kier alpha value is -1.22. The molecule has 1 aromatic rings. The van der Waals surface area contributed by atoms with Gasteiger partial charge >= 0.3 is 6.08 Å². The molecule has 0 aliphatic carbocycles. The summed E-state index contributed by atoms with van der Waals surface area (Å²) in [6.07, 6.45) is -1.99. The summed E-state index contributed by atoms with van der Waals surface area (Å²) in [6.45, 7) is 0. The highest BCUT2D eigenvalue weighted by atomic mass is 32.2. The third-order valence-electron chi connectivity index (χ3n) is 1.68. The van der Waals surface area contributed by atoms with Gasteiger partial charge in [-0.1, -0.05) is 11.3 Å². The van der Waals surface area contributed by atoms with Crippen LogP contribution in [0.3, 0.4) is 0 Å². The Labute approximate surface area is 98.7 Å². The lowest BCUT2D eigenvalue weighted by Crippen LogP contribution is -2.06. The van der Waals surface area contributed by atoms with Gasteiger partial charge in [0.1, 0.15) is 0 Å². The zero-order valence-electron chi connectivity index (χ0n) is 8.19. The van der Waals surface area contributed by atoms with Crippen molar-refractivity contribution >= 4 is 27.5 Å². The first-order valence-corrected chi connectivity index (χ1v) is 6.67. The average Bonchev–Trinajstić information content (AvgIpc) is 2.75. The molecule has 4 nitrogen and oxygen atoms in total. The first kappa shape index (κ1) is 13.8. The van der Waals surface area contributed by atoms with Gasteiger partial charge in [0.15, 0.2) is 12.1 Å². The van der Waals surface area contributed by atoms with E-state index in [9.17, 15) is 26.4 Å². The maximum Gasteiger partial charge on any atom is 0.301 e. The zero-order chi connectivity index (χ0) is 13.1. The average molecular weight is 285 g/mol. The standard InChI is InChI=1S/C8H6F3NO3S2/c9-6(7(10)11)1-2-17(14,15)8-12-3-5(4-13)16-8/h3-4H,1-2H2. The molecule has 0 spiro atoms. The number of nitrogens with zero attached hydrogens (tertiary/aromatic N) is 1. The van der Waals surface area contributed by atoms with Crippen molar-refractivity contribution in [1.29, 1.82) is 0 Å². The number of allylic oxidation sites excluding steroid dienone is 1. The van der Waals surface area contributed by atoms with E-state index < -0.39 is 33.9 Å². The molecule has 9 heteroatoms. The Kier molecular flexibility index (Phi) is 4.40. The highest BCUT2D eigenvalue weighted by molar-refractivity contribution is 7.93. The summed E-state index contributed by atoms with van der Waals surface area (Å²) in [5.74, 6) is -2.58. The molecule has 0 atom stereocenters. The largest absolute Gasteiger partial charge is 0.301 e. The predicted octanol–water partition coefficient (Wildman–Crippen LogP) is 2.20. The van der Waals surface area contributed by atoms with Crippen LogP contribution in [0, 0.1) is 0 Å². The van der Waals surface area contributed by atoms with Crippen molar-refractivity contribution in [3.63, 3.8) is 0 Å². The number of aromatic nitrogens is 1. The topological polar surface area (TPSA) is 64.1 Å². The van der Waals surface area contributed by atoms with Crippen LogP contribution >= 0.6 is 11.3 Å². The van der Waals surface area contributed by atoms with E-state index in [1.165, 1.54) is 0 Å². The molecule has 17 heavy (non-hydrogen) atoms. The van der Waals surface area contributed by atoms with Gasteiger partial charge < -0.3 is 0 Å². The number of rotatable bonds is 5.